The molecule has 0 bridgehead atoms. The molecule has 0 aliphatic rings. The van der Waals surface area contributed by atoms with Crippen LogP contribution in [0.15, 0.2) is 73.1 Å². The topological polar surface area (TPSA) is 37.4 Å². The Labute approximate surface area is 165 Å². The molecule has 5 heteroatoms. The third-order valence-electron chi connectivity index (χ3n) is 4.18. The number of methoxy groups -OCH3 is 1. The van der Waals surface area contributed by atoms with E-state index in [1.54, 1.807) is 13.3 Å². The number of anilines is 1. The number of nitrogens with zero attached hydrogens (tertiary/aromatic N) is 2. The van der Waals surface area contributed by atoms with Gasteiger partial charge in [0.05, 0.1) is 7.11 Å². The maximum Gasteiger partial charge on any atom is 0.174 e. The standard InChI is InChI=1S/C22H23N3OS/c1-17-5-3-6-18(13-17)15-25(16-19-7-4-12-23-14-19)22(27)24-20-8-10-21(26-2)11-9-20/h3-14H,15-16H2,1-2H3,(H,24,27). The number of rotatable bonds is 6. The van der Waals surface area contributed by atoms with Crippen molar-refractivity contribution in [1.29, 1.82) is 0 Å². The quantitative estimate of drug-likeness (QED) is 0.625. The Kier molecular flexibility index (Phi) is 6.39. The number of pyridine rings is 1. The Morgan fingerprint density at radius 2 is 1.78 bits per heavy atom. The summed E-state index contributed by atoms with van der Waals surface area (Å²) in [6, 6.07) is 20.2. The molecule has 0 atom stereocenters. The normalized spacial score (nSPS) is 10.3. The Hall–Kier alpha value is -2.92. The van der Waals surface area contributed by atoms with E-state index in [1.807, 2.05) is 36.5 Å². The van der Waals surface area contributed by atoms with Crippen LogP contribution in [0.25, 0.3) is 0 Å². The molecule has 0 fully saturated rings. The average molecular weight is 378 g/mol. The van der Waals surface area contributed by atoms with Gasteiger partial charge in [0.2, 0.25) is 0 Å². The zero-order valence-corrected chi connectivity index (χ0v) is 16.4. The molecule has 2 aromatic carbocycles. The summed E-state index contributed by atoms with van der Waals surface area (Å²) in [6.07, 6.45) is 3.65. The predicted octanol–water partition coefficient (Wildman–Crippen LogP) is 4.80. The van der Waals surface area contributed by atoms with E-state index in [-0.39, 0.29) is 0 Å². The van der Waals surface area contributed by atoms with Crippen LogP contribution in [0.5, 0.6) is 5.75 Å². The number of ether oxygens (including phenoxy) is 1. The van der Waals surface area contributed by atoms with Crippen LogP contribution < -0.4 is 10.1 Å². The van der Waals surface area contributed by atoms with Gasteiger partial charge in [0.15, 0.2) is 5.11 Å². The smallest absolute Gasteiger partial charge is 0.174 e. The first-order valence-electron chi connectivity index (χ1n) is 8.78. The molecule has 0 spiro atoms. The maximum atomic E-state index is 5.71. The van der Waals surface area contributed by atoms with E-state index in [9.17, 15) is 0 Å². The van der Waals surface area contributed by atoms with Gasteiger partial charge in [0, 0.05) is 31.2 Å². The molecular weight excluding hydrogens is 354 g/mol. The monoisotopic (exact) mass is 377 g/mol. The maximum absolute atomic E-state index is 5.71. The Balaban J connectivity index is 1.77. The van der Waals surface area contributed by atoms with Crippen molar-refractivity contribution in [3.05, 3.63) is 89.7 Å². The minimum Gasteiger partial charge on any atom is -0.497 e. The highest BCUT2D eigenvalue weighted by Crippen LogP contribution is 2.17. The minimum atomic E-state index is 0.672. The van der Waals surface area contributed by atoms with Crippen LogP contribution in [0.3, 0.4) is 0 Å². The van der Waals surface area contributed by atoms with Gasteiger partial charge in [-0.2, -0.15) is 0 Å². The fraction of sp³-hybridized carbons (Fsp3) is 0.182. The lowest BCUT2D eigenvalue weighted by molar-refractivity contribution is 0.412. The van der Waals surface area contributed by atoms with E-state index < -0.39 is 0 Å². The predicted molar refractivity (Wildman–Crippen MR) is 114 cm³/mol. The molecule has 1 aromatic heterocycles. The van der Waals surface area contributed by atoms with E-state index >= 15 is 0 Å². The molecule has 1 N–H and O–H groups in total. The van der Waals surface area contributed by atoms with Gasteiger partial charge in [-0.1, -0.05) is 35.9 Å². The third kappa shape index (κ3) is 5.53. The summed E-state index contributed by atoms with van der Waals surface area (Å²) < 4.78 is 5.21. The van der Waals surface area contributed by atoms with Crippen LogP contribution in [-0.2, 0) is 13.1 Å². The lowest BCUT2D eigenvalue weighted by Crippen LogP contribution is -2.33. The Morgan fingerprint density at radius 1 is 1.04 bits per heavy atom. The molecule has 1 heterocycles. The molecule has 0 radical (unpaired) electrons. The summed E-state index contributed by atoms with van der Waals surface area (Å²) in [7, 11) is 1.66. The highest BCUT2D eigenvalue weighted by Gasteiger charge is 2.12. The van der Waals surface area contributed by atoms with Gasteiger partial charge in [-0.25, -0.2) is 0 Å². The van der Waals surface area contributed by atoms with Gasteiger partial charge < -0.3 is 15.0 Å². The molecule has 0 unspecified atom stereocenters. The summed E-state index contributed by atoms with van der Waals surface area (Å²) in [5, 5.41) is 4.00. The number of aryl methyl sites for hydroxylation is 1. The second-order valence-corrected chi connectivity index (χ2v) is 6.75. The second kappa shape index (κ2) is 9.14. The summed E-state index contributed by atoms with van der Waals surface area (Å²) >= 11 is 5.71. The molecule has 0 aliphatic heterocycles. The number of aromatic nitrogens is 1. The molecule has 0 saturated carbocycles. The van der Waals surface area contributed by atoms with E-state index in [2.05, 4.69) is 52.5 Å². The first kappa shape index (κ1) is 18.9. The van der Waals surface area contributed by atoms with Crippen LogP contribution in [0.4, 0.5) is 5.69 Å². The molecule has 0 amide bonds. The van der Waals surface area contributed by atoms with Crippen LogP contribution >= 0.6 is 12.2 Å². The molecule has 3 rings (SSSR count). The van der Waals surface area contributed by atoms with Gasteiger partial charge >= 0.3 is 0 Å². The first-order chi connectivity index (χ1) is 13.1. The number of hydrogen-bond acceptors (Lipinski definition) is 3. The second-order valence-electron chi connectivity index (χ2n) is 6.37. The van der Waals surface area contributed by atoms with Gasteiger partial charge in [-0.3, -0.25) is 4.98 Å². The van der Waals surface area contributed by atoms with Gasteiger partial charge in [-0.15, -0.1) is 0 Å². The molecule has 138 valence electrons. The number of nitrogens with one attached hydrogen (secondary N) is 1. The fourth-order valence-electron chi connectivity index (χ4n) is 2.82. The van der Waals surface area contributed by atoms with Crippen molar-refractivity contribution in [3.63, 3.8) is 0 Å². The average Bonchev–Trinajstić information content (AvgIpc) is 2.69. The lowest BCUT2D eigenvalue weighted by atomic mass is 10.1. The largest absolute Gasteiger partial charge is 0.497 e. The Morgan fingerprint density at radius 3 is 2.44 bits per heavy atom. The summed E-state index contributed by atoms with van der Waals surface area (Å²) in [5.41, 5.74) is 4.51. The van der Waals surface area contributed by atoms with E-state index in [4.69, 9.17) is 17.0 Å². The third-order valence-corrected chi connectivity index (χ3v) is 4.54. The van der Waals surface area contributed by atoms with Crippen molar-refractivity contribution in [1.82, 2.24) is 9.88 Å². The Bertz CT molecular complexity index is 882. The lowest BCUT2D eigenvalue weighted by Gasteiger charge is -2.26. The number of benzene rings is 2. The van der Waals surface area contributed by atoms with E-state index in [1.165, 1.54) is 11.1 Å². The van der Waals surface area contributed by atoms with Crippen LogP contribution in [0.1, 0.15) is 16.7 Å². The van der Waals surface area contributed by atoms with Crippen molar-refractivity contribution in [2.45, 2.75) is 20.0 Å². The SMILES string of the molecule is COc1ccc(NC(=S)N(Cc2cccnc2)Cc2cccc(C)c2)cc1. The fourth-order valence-corrected chi connectivity index (χ4v) is 3.07. The molecular formula is C22H23N3OS. The van der Waals surface area contributed by atoms with Crippen molar-refractivity contribution >= 4 is 23.0 Å². The molecule has 4 nitrogen and oxygen atoms in total. The van der Waals surface area contributed by atoms with Gasteiger partial charge in [0.1, 0.15) is 5.75 Å². The molecule has 27 heavy (non-hydrogen) atoms. The summed E-state index contributed by atoms with van der Waals surface area (Å²) in [4.78, 5) is 6.36. The van der Waals surface area contributed by atoms with Crippen molar-refractivity contribution in [3.8, 4) is 5.75 Å². The molecule has 3 aromatic rings. The van der Waals surface area contributed by atoms with Crippen molar-refractivity contribution in [2.75, 3.05) is 12.4 Å². The van der Waals surface area contributed by atoms with Gasteiger partial charge in [-0.05, 0) is 60.6 Å². The van der Waals surface area contributed by atoms with Gasteiger partial charge in [0.25, 0.3) is 0 Å². The van der Waals surface area contributed by atoms with E-state index in [0.29, 0.717) is 11.7 Å². The highest BCUT2D eigenvalue weighted by molar-refractivity contribution is 7.80. The van der Waals surface area contributed by atoms with Crippen LogP contribution in [-0.4, -0.2) is 22.1 Å². The zero-order valence-electron chi connectivity index (χ0n) is 15.6. The molecule has 0 saturated heterocycles. The number of hydrogen-bond donors (Lipinski definition) is 1. The summed E-state index contributed by atoms with van der Waals surface area (Å²) in [6.45, 7) is 3.51. The van der Waals surface area contributed by atoms with Crippen molar-refractivity contribution < 1.29 is 4.74 Å². The minimum absolute atomic E-state index is 0.672. The van der Waals surface area contributed by atoms with Crippen LogP contribution in [0.2, 0.25) is 0 Å². The zero-order chi connectivity index (χ0) is 19.1. The summed E-state index contributed by atoms with van der Waals surface area (Å²) in [5.74, 6) is 0.818. The van der Waals surface area contributed by atoms with Crippen LogP contribution in [0, 0.1) is 6.92 Å². The highest BCUT2D eigenvalue weighted by atomic mass is 32.1. The molecule has 0 aliphatic carbocycles. The van der Waals surface area contributed by atoms with Crippen molar-refractivity contribution in [2.24, 2.45) is 0 Å². The number of thiocarbonyl (C=S) groups is 1. The first-order valence-corrected chi connectivity index (χ1v) is 9.19. The van der Waals surface area contributed by atoms with E-state index in [0.717, 1.165) is 23.5 Å².